The molecule has 4 heteroatoms. The lowest BCUT2D eigenvalue weighted by molar-refractivity contribution is 0.354. The second-order valence-corrected chi connectivity index (χ2v) is 6.06. The molecule has 3 nitrogen and oxygen atoms in total. The zero-order valence-corrected chi connectivity index (χ0v) is 14.7. The Hall–Kier alpha value is -1.27. The van der Waals surface area contributed by atoms with Gasteiger partial charge in [0.2, 0.25) is 0 Å². The summed E-state index contributed by atoms with van der Waals surface area (Å²) in [6, 6.07) is 12.2. The van der Waals surface area contributed by atoms with Gasteiger partial charge in [-0.25, -0.2) is 0 Å². The third-order valence-corrected chi connectivity index (χ3v) is 5.00. The van der Waals surface area contributed by atoms with E-state index in [1.54, 1.807) is 14.2 Å². The summed E-state index contributed by atoms with van der Waals surface area (Å²) in [5.41, 5.74) is 9.96. The topological polar surface area (TPSA) is 44.5 Å². The van der Waals surface area contributed by atoms with Crippen LogP contribution in [-0.4, -0.2) is 14.2 Å². The van der Waals surface area contributed by atoms with Gasteiger partial charge in [0.1, 0.15) is 0 Å². The van der Waals surface area contributed by atoms with E-state index in [4.69, 9.17) is 15.2 Å². The average molecular weight is 397 g/mol. The Labute approximate surface area is 139 Å². The quantitative estimate of drug-likeness (QED) is 0.780. The molecule has 1 atom stereocenters. The van der Waals surface area contributed by atoms with Crippen LogP contribution >= 0.6 is 22.6 Å². The van der Waals surface area contributed by atoms with Gasteiger partial charge < -0.3 is 15.2 Å². The monoisotopic (exact) mass is 397 g/mol. The maximum absolute atomic E-state index is 6.38. The van der Waals surface area contributed by atoms with Crippen molar-refractivity contribution in [1.29, 1.82) is 0 Å². The Balaban J connectivity index is 2.23. The van der Waals surface area contributed by atoms with E-state index >= 15 is 0 Å². The van der Waals surface area contributed by atoms with Crippen LogP contribution in [-0.2, 0) is 6.42 Å². The van der Waals surface area contributed by atoms with E-state index in [-0.39, 0.29) is 6.04 Å². The normalized spacial score (nSPS) is 12.0. The number of methoxy groups -OCH3 is 2. The Bertz CT molecular complexity index is 628. The van der Waals surface area contributed by atoms with E-state index in [2.05, 4.69) is 47.7 Å². The van der Waals surface area contributed by atoms with Crippen LogP contribution in [0, 0.1) is 10.5 Å². The van der Waals surface area contributed by atoms with E-state index in [1.165, 1.54) is 14.7 Å². The zero-order chi connectivity index (χ0) is 15.4. The Morgan fingerprint density at radius 1 is 1.10 bits per heavy atom. The standard InChI is InChI=1S/C17H20INO2/c1-11-5-4-6-13(17(11)18)14(19)9-12-7-8-15(20-2)16(10-12)21-3/h4-8,10,14H,9,19H2,1-3H3. The van der Waals surface area contributed by atoms with Gasteiger partial charge in [-0.15, -0.1) is 0 Å². The van der Waals surface area contributed by atoms with Crippen molar-refractivity contribution in [3.8, 4) is 11.5 Å². The molecule has 0 spiro atoms. The van der Waals surface area contributed by atoms with Crippen molar-refractivity contribution >= 4 is 22.6 Å². The van der Waals surface area contributed by atoms with Crippen molar-refractivity contribution in [2.24, 2.45) is 5.73 Å². The largest absolute Gasteiger partial charge is 0.493 e. The predicted octanol–water partition coefficient (Wildman–Crippen LogP) is 3.86. The van der Waals surface area contributed by atoms with Crippen LogP contribution in [0.25, 0.3) is 0 Å². The first kappa shape index (κ1) is 16.1. The van der Waals surface area contributed by atoms with Crippen LogP contribution in [0.1, 0.15) is 22.7 Å². The number of hydrogen-bond donors (Lipinski definition) is 1. The molecule has 0 amide bonds. The molecule has 2 aromatic rings. The van der Waals surface area contributed by atoms with Crippen molar-refractivity contribution in [1.82, 2.24) is 0 Å². The van der Waals surface area contributed by atoms with Crippen LogP contribution in [0.3, 0.4) is 0 Å². The lowest BCUT2D eigenvalue weighted by Crippen LogP contribution is -2.15. The number of benzene rings is 2. The van der Waals surface area contributed by atoms with Gasteiger partial charge >= 0.3 is 0 Å². The van der Waals surface area contributed by atoms with Gasteiger partial charge in [-0.2, -0.15) is 0 Å². The maximum atomic E-state index is 6.38. The second kappa shape index (κ2) is 7.13. The first-order valence-electron chi connectivity index (χ1n) is 6.78. The third-order valence-electron chi connectivity index (χ3n) is 3.52. The van der Waals surface area contributed by atoms with Crippen LogP contribution < -0.4 is 15.2 Å². The molecule has 0 aliphatic rings. The molecule has 0 aromatic heterocycles. The van der Waals surface area contributed by atoms with Crippen molar-refractivity contribution < 1.29 is 9.47 Å². The van der Waals surface area contributed by atoms with E-state index < -0.39 is 0 Å². The number of aryl methyl sites for hydroxylation is 1. The van der Waals surface area contributed by atoms with Gasteiger partial charge in [0.15, 0.2) is 11.5 Å². The molecule has 0 bridgehead atoms. The van der Waals surface area contributed by atoms with Gasteiger partial charge in [-0.1, -0.05) is 24.3 Å². The van der Waals surface area contributed by atoms with Gasteiger partial charge in [0.05, 0.1) is 14.2 Å². The Morgan fingerprint density at radius 3 is 2.48 bits per heavy atom. The zero-order valence-electron chi connectivity index (χ0n) is 12.5. The Kier molecular flexibility index (Phi) is 5.47. The summed E-state index contributed by atoms with van der Waals surface area (Å²) in [5, 5.41) is 0. The summed E-state index contributed by atoms with van der Waals surface area (Å²) >= 11 is 2.36. The molecule has 1 unspecified atom stereocenters. The minimum absolute atomic E-state index is 0.0325. The average Bonchev–Trinajstić information content (AvgIpc) is 2.49. The molecule has 0 fully saturated rings. The molecule has 2 aromatic carbocycles. The molecule has 0 radical (unpaired) electrons. The molecular formula is C17H20INO2. The molecule has 0 aliphatic heterocycles. The lowest BCUT2D eigenvalue weighted by atomic mass is 9.98. The summed E-state index contributed by atoms with van der Waals surface area (Å²) in [6.45, 7) is 2.11. The first-order valence-corrected chi connectivity index (χ1v) is 7.86. The summed E-state index contributed by atoms with van der Waals surface area (Å²) in [5.74, 6) is 1.47. The molecule has 0 saturated heterocycles. The van der Waals surface area contributed by atoms with Gasteiger partial charge in [-0.05, 0) is 64.8 Å². The fourth-order valence-corrected chi connectivity index (χ4v) is 3.09. The second-order valence-electron chi connectivity index (χ2n) is 4.98. The number of rotatable bonds is 5. The fourth-order valence-electron chi connectivity index (χ4n) is 2.33. The third kappa shape index (κ3) is 3.68. The Morgan fingerprint density at radius 2 is 1.81 bits per heavy atom. The number of ether oxygens (including phenoxy) is 2. The van der Waals surface area contributed by atoms with E-state index in [9.17, 15) is 0 Å². The number of halogens is 1. The summed E-state index contributed by atoms with van der Waals surface area (Å²) in [6.07, 6.45) is 0.764. The molecule has 21 heavy (non-hydrogen) atoms. The summed E-state index contributed by atoms with van der Waals surface area (Å²) in [7, 11) is 3.28. The van der Waals surface area contributed by atoms with Gasteiger partial charge in [0.25, 0.3) is 0 Å². The molecule has 0 heterocycles. The first-order chi connectivity index (χ1) is 10.1. The minimum Gasteiger partial charge on any atom is -0.493 e. The van der Waals surface area contributed by atoms with Crippen molar-refractivity contribution in [2.45, 2.75) is 19.4 Å². The van der Waals surface area contributed by atoms with E-state index in [1.807, 2.05) is 18.2 Å². The highest BCUT2D eigenvalue weighted by atomic mass is 127. The number of nitrogens with two attached hydrogens (primary N) is 1. The van der Waals surface area contributed by atoms with Crippen molar-refractivity contribution in [2.75, 3.05) is 14.2 Å². The van der Waals surface area contributed by atoms with Crippen LogP contribution in [0.4, 0.5) is 0 Å². The van der Waals surface area contributed by atoms with Gasteiger partial charge in [-0.3, -0.25) is 0 Å². The molecule has 2 rings (SSSR count). The highest BCUT2D eigenvalue weighted by molar-refractivity contribution is 14.1. The SMILES string of the molecule is COc1ccc(CC(N)c2cccc(C)c2I)cc1OC. The highest BCUT2D eigenvalue weighted by Gasteiger charge is 2.13. The van der Waals surface area contributed by atoms with Crippen LogP contribution in [0.15, 0.2) is 36.4 Å². The fraction of sp³-hybridized carbons (Fsp3) is 0.294. The van der Waals surface area contributed by atoms with Crippen molar-refractivity contribution in [3.05, 3.63) is 56.7 Å². The van der Waals surface area contributed by atoms with Crippen molar-refractivity contribution in [3.63, 3.8) is 0 Å². The maximum Gasteiger partial charge on any atom is 0.160 e. The molecule has 0 aliphatic carbocycles. The lowest BCUT2D eigenvalue weighted by Gasteiger charge is -2.16. The molecule has 0 saturated carbocycles. The molecular weight excluding hydrogens is 377 g/mol. The molecule has 112 valence electrons. The van der Waals surface area contributed by atoms with E-state index in [0.717, 1.165) is 23.5 Å². The smallest absolute Gasteiger partial charge is 0.160 e. The summed E-state index contributed by atoms with van der Waals surface area (Å²) < 4.78 is 11.8. The van der Waals surface area contributed by atoms with Gasteiger partial charge in [0, 0.05) is 9.61 Å². The highest BCUT2D eigenvalue weighted by Crippen LogP contribution is 2.30. The predicted molar refractivity (Wildman–Crippen MR) is 94.1 cm³/mol. The van der Waals surface area contributed by atoms with E-state index in [0.29, 0.717) is 0 Å². The van der Waals surface area contributed by atoms with Crippen LogP contribution in [0.5, 0.6) is 11.5 Å². The summed E-state index contributed by atoms with van der Waals surface area (Å²) in [4.78, 5) is 0. The van der Waals surface area contributed by atoms with Crippen LogP contribution in [0.2, 0.25) is 0 Å². The molecule has 2 N–H and O–H groups in total. The number of hydrogen-bond acceptors (Lipinski definition) is 3. The minimum atomic E-state index is -0.0325.